The van der Waals surface area contributed by atoms with Gasteiger partial charge in [0.25, 0.3) is 5.91 Å². The first-order valence-corrected chi connectivity index (χ1v) is 6.55. The molecule has 0 atom stereocenters. The Balaban J connectivity index is 1.96. The SMILES string of the molecule is O=C(NC1CCC(O)CC1)c1ncccc1Br. The van der Waals surface area contributed by atoms with Crippen molar-refractivity contribution in [1.82, 2.24) is 10.3 Å². The van der Waals surface area contributed by atoms with Crippen LogP contribution in [0.3, 0.4) is 0 Å². The zero-order valence-electron chi connectivity index (χ0n) is 9.40. The van der Waals surface area contributed by atoms with E-state index in [0.717, 1.165) is 25.7 Å². The van der Waals surface area contributed by atoms with Crippen molar-refractivity contribution in [1.29, 1.82) is 0 Å². The van der Waals surface area contributed by atoms with Crippen LogP contribution < -0.4 is 5.32 Å². The Bertz CT molecular complexity index is 403. The summed E-state index contributed by atoms with van der Waals surface area (Å²) in [5, 5.41) is 12.3. The van der Waals surface area contributed by atoms with Crippen LogP contribution in [-0.2, 0) is 0 Å². The van der Waals surface area contributed by atoms with Crippen molar-refractivity contribution in [3.8, 4) is 0 Å². The second-order valence-electron chi connectivity index (χ2n) is 4.31. The molecule has 1 aromatic heterocycles. The van der Waals surface area contributed by atoms with Crippen LogP contribution >= 0.6 is 15.9 Å². The van der Waals surface area contributed by atoms with Crippen LogP contribution in [0.1, 0.15) is 36.2 Å². The van der Waals surface area contributed by atoms with Crippen molar-refractivity contribution in [2.24, 2.45) is 0 Å². The number of hydrogen-bond donors (Lipinski definition) is 2. The summed E-state index contributed by atoms with van der Waals surface area (Å²) in [4.78, 5) is 16.0. The Labute approximate surface area is 109 Å². The highest BCUT2D eigenvalue weighted by Crippen LogP contribution is 2.19. The molecule has 1 heterocycles. The van der Waals surface area contributed by atoms with Gasteiger partial charge in [-0.1, -0.05) is 0 Å². The molecule has 0 saturated heterocycles. The van der Waals surface area contributed by atoms with Gasteiger partial charge in [0.1, 0.15) is 5.69 Å². The number of rotatable bonds is 2. The number of halogens is 1. The standard InChI is InChI=1S/C12H15BrN2O2/c13-10-2-1-7-14-11(10)12(17)15-8-3-5-9(16)6-4-8/h1-2,7-9,16H,3-6H2,(H,15,17). The molecule has 1 aromatic rings. The highest BCUT2D eigenvalue weighted by molar-refractivity contribution is 9.10. The van der Waals surface area contributed by atoms with Crippen LogP contribution in [-0.4, -0.2) is 28.1 Å². The number of carbonyl (C=O) groups is 1. The second kappa shape index (κ2) is 5.60. The van der Waals surface area contributed by atoms with Gasteiger partial charge in [-0.2, -0.15) is 0 Å². The molecule has 0 aliphatic heterocycles. The zero-order valence-corrected chi connectivity index (χ0v) is 11.0. The molecule has 1 saturated carbocycles. The third-order valence-corrected chi connectivity index (χ3v) is 3.65. The summed E-state index contributed by atoms with van der Waals surface area (Å²) in [5.74, 6) is -0.154. The van der Waals surface area contributed by atoms with E-state index in [0.29, 0.717) is 10.2 Å². The number of nitrogens with one attached hydrogen (secondary N) is 1. The normalized spacial score (nSPS) is 24.4. The number of amides is 1. The largest absolute Gasteiger partial charge is 0.393 e. The van der Waals surface area contributed by atoms with E-state index in [1.807, 2.05) is 0 Å². The Morgan fingerprint density at radius 2 is 2.12 bits per heavy atom. The Morgan fingerprint density at radius 3 is 2.76 bits per heavy atom. The molecule has 0 radical (unpaired) electrons. The molecule has 17 heavy (non-hydrogen) atoms. The minimum Gasteiger partial charge on any atom is -0.393 e. The van der Waals surface area contributed by atoms with Gasteiger partial charge in [-0.25, -0.2) is 4.98 Å². The minimum atomic E-state index is -0.204. The van der Waals surface area contributed by atoms with Crippen molar-refractivity contribution in [3.05, 3.63) is 28.5 Å². The summed E-state index contributed by atoms with van der Waals surface area (Å²) < 4.78 is 0.702. The number of nitrogens with zero attached hydrogens (tertiary/aromatic N) is 1. The number of aliphatic hydroxyl groups is 1. The molecule has 1 fully saturated rings. The first-order chi connectivity index (χ1) is 8.16. The Morgan fingerprint density at radius 1 is 1.41 bits per heavy atom. The number of carbonyl (C=O) groups excluding carboxylic acids is 1. The molecule has 0 bridgehead atoms. The van der Waals surface area contributed by atoms with E-state index in [1.54, 1.807) is 18.3 Å². The van der Waals surface area contributed by atoms with Crippen molar-refractivity contribution in [3.63, 3.8) is 0 Å². The average Bonchev–Trinajstić information content (AvgIpc) is 2.32. The lowest BCUT2D eigenvalue weighted by Gasteiger charge is -2.26. The first-order valence-electron chi connectivity index (χ1n) is 5.76. The molecular weight excluding hydrogens is 284 g/mol. The number of aliphatic hydroxyl groups excluding tert-OH is 1. The van der Waals surface area contributed by atoms with E-state index in [-0.39, 0.29) is 18.1 Å². The minimum absolute atomic E-state index is 0.153. The highest BCUT2D eigenvalue weighted by Gasteiger charge is 2.22. The van der Waals surface area contributed by atoms with Gasteiger partial charge in [-0.05, 0) is 53.7 Å². The van der Waals surface area contributed by atoms with Gasteiger partial charge in [0, 0.05) is 16.7 Å². The second-order valence-corrected chi connectivity index (χ2v) is 5.17. The first kappa shape index (κ1) is 12.5. The van der Waals surface area contributed by atoms with Crippen LogP contribution in [0.15, 0.2) is 22.8 Å². The molecule has 2 rings (SSSR count). The number of aromatic nitrogens is 1. The fourth-order valence-corrected chi connectivity index (χ4v) is 2.46. The van der Waals surface area contributed by atoms with Crippen LogP contribution in [0, 0.1) is 0 Å². The zero-order chi connectivity index (χ0) is 12.3. The van der Waals surface area contributed by atoms with Crippen molar-refractivity contribution < 1.29 is 9.90 Å². The molecule has 5 heteroatoms. The number of pyridine rings is 1. The smallest absolute Gasteiger partial charge is 0.271 e. The van der Waals surface area contributed by atoms with E-state index < -0.39 is 0 Å². The van der Waals surface area contributed by atoms with Crippen LogP contribution in [0.2, 0.25) is 0 Å². The summed E-state index contributed by atoms with van der Waals surface area (Å²) >= 11 is 3.31. The van der Waals surface area contributed by atoms with Crippen LogP contribution in [0.4, 0.5) is 0 Å². The van der Waals surface area contributed by atoms with Gasteiger partial charge in [-0.3, -0.25) is 4.79 Å². The summed E-state index contributed by atoms with van der Waals surface area (Å²) in [5.41, 5.74) is 0.415. The topological polar surface area (TPSA) is 62.2 Å². The van der Waals surface area contributed by atoms with Crippen molar-refractivity contribution in [2.75, 3.05) is 0 Å². The Kier molecular flexibility index (Phi) is 4.12. The maximum absolute atomic E-state index is 11.9. The molecule has 0 aromatic carbocycles. The number of hydrogen-bond acceptors (Lipinski definition) is 3. The molecule has 2 N–H and O–H groups in total. The summed E-state index contributed by atoms with van der Waals surface area (Å²) in [6.45, 7) is 0. The maximum atomic E-state index is 11.9. The lowest BCUT2D eigenvalue weighted by Crippen LogP contribution is -2.39. The van der Waals surface area contributed by atoms with Gasteiger partial charge >= 0.3 is 0 Å². The highest BCUT2D eigenvalue weighted by atomic mass is 79.9. The molecule has 0 unspecified atom stereocenters. The molecular formula is C12H15BrN2O2. The van der Waals surface area contributed by atoms with Gasteiger partial charge in [0.2, 0.25) is 0 Å². The van der Waals surface area contributed by atoms with E-state index in [1.165, 1.54) is 0 Å². The lowest BCUT2D eigenvalue weighted by molar-refractivity contribution is 0.0862. The summed E-state index contributed by atoms with van der Waals surface area (Å²) in [6, 6.07) is 3.73. The lowest BCUT2D eigenvalue weighted by atomic mass is 9.93. The quantitative estimate of drug-likeness (QED) is 0.876. The summed E-state index contributed by atoms with van der Waals surface area (Å²) in [7, 11) is 0. The molecule has 1 amide bonds. The van der Waals surface area contributed by atoms with Crippen molar-refractivity contribution in [2.45, 2.75) is 37.8 Å². The Hall–Kier alpha value is -0.940. The molecule has 1 aliphatic carbocycles. The molecule has 92 valence electrons. The monoisotopic (exact) mass is 298 g/mol. The average molecular weight is 299 g/mol. The molecule has 1 aliphatic rings. The van der Waals surface area contributed by atoms with Crippen LogP contribution in [0.25, 0.3) is 0 Å². The maximum Gasteiger partial charge on any atom is 0.271 e. The van der Waals surface area contributed by atoms with E-state index in [2.05, 4.69) is 26.2 Å². The van der Waals surface area contributed by atoms with Gasteiger partial charge in [0.15, 0.2) is 0 Å². The van der Waals surface area contributed by atoms with E-state index >= 15 is 0 Å². The predicted octanol–water partition coefficient (Wildman–Crippen LogP) is 1.88. The van der Waals surface area contributed by atoms with Crippen LogP contribution in [0.5, 0.6) is 0 Å². The van der Waals surface area contributed by atoms with E-state index in [4.69, 9.17) is 0 Å². The molecule has 4 nitrogen and oxygen atoms in total. The fraction of sp³-hybridized carbons (Fsp3) is 0.500. The van der Waals surface area contributed by atoms with Crippen molar-refractivity contribution >= 4 is 21.8 Å². The fourth-order valence-electron chi connectivity index (χ4n) is 2.03. The van der Waals surface area contributed by atoms with Gasteiger partial charge < -0.3 is 10.4 Å². The van der Waals surface area contributed by atoms with Gasteiger partial charge in [0.05, 0.1) is 6.10 Å². The third-order valence-electron chi connectivity index (χ3n) is 3.01. The van der Waals surface area contributed by atoms with E-state index in [9.17, 15) is 9.90 Å². The summed E-state index contributed by atoms with van der Waals surface area (Å²) in [6.07, 6.45) is 4.58. The predicted molar refractivity (Wildman–Crippen MR) is 67.7 cm³/mol. The molecule has 0 spiro atoms. The third kappa shape index (κ3) is 3.26. The van der Waals surface area contributed by atoms with Gasteiger partial charge in [-0.15, -0.1) is 0 Å².